The molecule has 3 heteroatoms. The molecule has 0 saturated carbocycles. The quantitative estimate of drug-likeness (QED) is 0.861. The summed E-state index contributed by atoms with van der Waals surface area (Å²) in [4.78, 5) is 0. The van der Waals surface area contributed by atoms with E-state index < -0.39 is 0 Å². The minimum Gasteiger partial charge on any atom is -0.381 e. The van der Waals surface area contributed by atoms with Crippen LogP contribution in [0.2, 0.25) is 5.02 Å². The van der Waals surface area contributed by atoms with Gasteiger partial charge in [-0.1, -0.05) is 17.7 Å². The van der Waals surface area contributed by atoms with Crippen LogP contribution in [0.3, 0.4) is 0 Å². The highest BCUT2D eigenvalue weighted by molar-refractivity contribution is 6.30. The Morgan fingerprint density at radius 2 is 2.31 bits per heavy atom. The van der Waals surface area contributed by atoms with Crippen molar-refractivity contribution in [2.24, 2.45) is 11.7 Å². The van der Waals surface area contributed by atoms with Crippen molar-refractivity contribution < 1.29 is 4.74 Å². The van der Waals surface area contributed by atoms with Crippen molar-refractivity contribution in [2.75, 3.05) is 13.2 Å². The molecule has 88 valence electrons. The minimum atomic E-state index is 0.0672. The molecule has 1 aromatic carbocycles. The highest BCUT2D eigenvalue weighted by Crippen LogP contribution is 2.29. The van der Waals surface area contributed by atoms with Gasteiger partial charge in [0.15, 0.2) is 0 Å². The van der Waals surface area contributed by atoms with Gasteiger partial charge in [-0.05, 0) is 43.0 Å². The Kier molecular flexibility index (Phi) is 3.85. The molecular weight excluding hydrogens is 222 g/mol. The highest BCUT2D eigenvalue weighted by atomic mass is 35.5. The summed E-state index contributed by atoms with van der Waals surface area (Å²) < 4.78 is 5.48. The van der Waals surface area contributed by atoms with E-state index in [1.807, 2.05) is 18.2 Å². The van der Waals surface area contributed by atoms with Gasteiger partial charge in [0.1, 0.15) is 0 Å². The SMILES string of the molecule is Cc1cc(Cl)ccc1C(N)C1CCCOC1. The molecule has 0 aromatic heterocycles. The van der Waals surface area contributed by atoms with Crippen molar-refractivity contribution >= 4 is 11.6 Å². The van der Waals surface area contributed by atoms with Crippen LogP contribution >= 0.6 is 11.6 Å². The Morgan fingerprint density at radius 1 is 1.50 bits per heavy atom. The third-order valence-corrected chi connectivity index (χ3v) is 3.53. The van der Waals surface area contributed by atoms with Crippen molar-refractivity contribution in [1.29, 1.82) is 0 Å². The zero-order chi connectivity index (χ0) is 11.5. The Balaban J connectivity index is 2.15. The van der Waals surface area contributed by atoms with E-state index in [1.165, 1.54) is 11.1 Å². The summed E-state index contributed by atoms with van der Waals surface area (Å²) in [5.74, 6) is 0.439. The fourth-order valence-electron chi connectivity index (χ4n) is 2.32. The summed E-state index contributed by atoms with van der Waals surface area (Å²) >= 11 is 5.94. The van der Waals surface area contributed by atoms with Gasteiger partial charge in [-0.3, -0.25) is 0 Å². The molecule has 2 unspecified atom stereocenters. The summed E-state index contributed by atoms with van der Waals surface area (Å²) in [6.45, 7) is 3.72. The average molecular weight is 240 g/mol. The monoisotopic (exact) mass is 239 g/mol. The highest BCUT2D eigenvalue weighted by Gasteiger charge is 2.23. The van der Waals surface area contributed by atoms with E-state index in [2.05, 4.69) is 6.92 Å². The van der Waals surface area contributed by atoms with Crippen LogP contribution in [-0.4, -0.2) is 13.2 Å². The first kappa shape index (κ1) is 11.9. The van der Waals surface area contributed by atoms with Crippen molar-refractivity contribution in [2.45, 2.75) is 25.8 Å². The molecule has 2 atom stereocenters. The molecule has 1 heterocycles. The van der Waals surface area contributed by atoms with E-state index in [-0.39, 0.29) is 6.04 Å². The second-order valence-electron chi connectivity index (χ2n) is 4.50. The number of hydrogen-bond donors (Lipinski definition) is 1. The lowest BCUT2D eigenvalue weighted by Crippen LogP contribution is -2.29. The molecule has 0 aliphatic carbocycles. The van der Waals surface area contributed by atoms with Gasteiger partial charge in [-0.15, -0.1) is 0 Å². The van der Waals surface area contributed by atoms with E-state index in [0.717, 1.165) is 31.1 Å². The Hall–Kier alpha value is -0.570. The predicted molar refractivity (Wildman–Crippen MR) is 66.7 cm³/mol. The van der Waals surface area contributed by atoms with Crippen molar-refractivity contribution in [3.8, 4) is 0 Å². The molecule has 0 amide bonds. The number of ether oxygens (including phenoxy) is 1. The van der Waals surface area contributed by atoms with E-state index >= 15 is 0 Å². The molecule has 0 radical (unpaired) electrons. The number of rotatable bonds is 2. The Morgan fingerprint density at radius 3 is 2.94 bits per heavy atom. The normalized spacial score (nSPS) is 23.1. The van der Waals surface area contributed by atoms with Crippen LogP contribution in [0.5, 0.6) is 0 Å². The summed E-state index contributed by atoms with van der Waals surface area (Å²) in [7, 11) is 0. The molecule has 1 aliphatic rings. The second-order valence-corrected chi connectivity index (χ2v) is 4.94. The topological polar surface area (TPSA) is 35.2 Å². The lowest BCUT2D eigenvalue weighted by atomic mass is 9.87. The van der Waals surface area contributed by atoms with Gasteiger partial charge >= 0.3 is 0 Å². The Bertz CT molecular complexity index is 361. The molecule has 1 saturated heterocycles. The first-order chi connectivity index (χ1) is 7.68. The number of hydrogen-bond acceptors (Lipinski definition) is 2. The smallest absolute Gasteiger partial charge is 0.0512 e. The summed E-state index contributed by atoms with van der Waals surface area (Å²) in [6, 6.07) is 5.99. The van der Waals surface area contributed by atoms with Gasteiger partial charge < -0.3 is 10.5 Å². The molecule has 2 N–H and O–H groups in total. The van der Waals surface area contributed by atoms with Crippen LogP contribution in [0, 0.1) is 12.8 Å². The van der Waals surface area contributed by atoms with Crippen molar-refractivity contribution in [3.63, 3.8) is 0 Å². The van der Waals surface area contributed by atoms with E-state index in [4.69, 9.17) is 22.1 Å². The van der Waals surface area contributed by atoms with Gasteiger partial charge in [-0.25, -0.2) is 0 Å². The predicted octanol–water partition coefficient (Wildman–Crippen LogP) is 3.07. The standard InChI is InChI=1S/C13H18ClNO/c1-9-7-11(14)4-5-12(9)13(15)10-3-2-6-16-8-10/h4-5,7,10,13H,2-3,6,8,15H2,1H3. The molecule has 1 fully saturated rings. The third kappa shape index (κ3) is 2.57. The summed E-state index contributed by atoms with van der Waals surface area (Å²) in [5, 5.41) is 0.772. The lowest BCUT2D eigenvalue weighted by molar-refractivity contribution is 0.0447. The average Bonchev–Trinajstić information content (AvgIpc) is 2.29. The fraction of sp³-hybridized carbons (Fsp3) is 0.538. The van der Waals surface area contributed by atoms with Crippen LogP contribution < -0.4 is 5.73 Å². The van der Waals surface area contributed by atoms with Crippen LogP contribution in [0.1, 0.15) is 30.0 Å². The van der Waals surface area contributed by atoms with Crippen LogP contribution in [0.15, 0.2) is 18.2 Å². The molecule has 2 rings (SSSR count). The second kappa shape index (κ2) is 5.17. The maximum Gasteiger partial charge on any atom is 0.0512 e. The number of benzene rings is 1. The lowest BCUT2D eigenvalue weighted by Gasteiger charge is -2.28. The van der Waals surface area contributed by atoms with Gasteiger partial charge in [0.2, 0.25) is 0 Å². The zero-order valence-corrected chi connectivity index (χ0v) is 10.3. The number of aryl methyl sites for hydroxylation is 1. The first-order valence-corrected chi connectivity index (χ1v) is 6.15. The third-order valence-electron chi connectivity index (χ3n) is 3.29. The molecular formula is C13H18ClNO. The fourth-order valence-corrected chi connectivity index (χ4v) is 2.54. The van der Waals surface area contributed by atoms with Gasteiger partial charge in [0.05, 0.1) is 6.61 Å². The number of halogens is 1. The van der Waals surface area contributed by atoms with Crippen molar-refractivity contribution in [1.82, 2.24) is 0 Å². The molecule has 1 aromatic rings. The Labute approximate surface area is 102 Å². The molecule has 0 bridgehead atoms. The van der Waals surface area contributed by atoms with Crippen LogP contribution in [0.25, 0.3) is 0 Å². The van der Waals surface area contributed by atoms with Crippen LogP contribution in [-0.2, 0) is 4.74 Å². The maximum absolute atomic E-state index is 6.30. The van der Waals surface area contributed by atoms with E-state index in [1.54, 1.807) is 0 Å². The van der Waals surface area contributed by atoms with Crippen molar-refractivity contribution in [3.05, 3.63) is 34.3 Å². The number of nitrogens with two attached hydrogens (primary N) is 1. The molecule has 1 aliphatic heterocycles. The van der Waals surface area contributed by atoms with Gasteiger partial charge in [0, 0.05) is 23.6 Å². The zero-order valence-electron chi connectivity index (χ0n) is 9.58. The largest absolute Gasteiger partial charge is 0.381 e. The van der Waals surface area contributed by atoms with E-state index in [0.29, 0.717) is 5.92 Å². The van der Waals surface area contributed by atoms with Gasteiger partial charge in [0.25, 0.3) is 0 Å². The minimum absolute atomic E-state index is 0.0672. The van der Waals surface area contributed by atoms with Crippen LogP contribution in [0.4, 0.5) is 0 Å². The molecule has 16 heavy (non-hydrogen) atoms. The maximum atomic E-state index is 6.30. The van der Waals surface area contributed by atoms with E-state index in [9.17, 15) is 0 Å². The summed E-state index contributed by atoms with van der Waals surface area (Å²) in [5.41, 5.74) is 8.66. The summed E-state index contributed by atoms with van der Waals surface area (Å²) in [6.07, 6.45) is 2.27. The first-order valence-electron chi connectivity index (χ1n) is 5.78. The molecule has 2 nitrogen and oxygen atoms in total. The van der Waals surface area contributed by atoms with Gasteiger partial charge in [-0.2, -0.15) is 0 Å². The molecule has 0 spiro atoms.